The van der Waals surface area contributed by atoms with E-state index in [0.717, 1.165) is 10.8 Å². The predicted molar refractivity (Wildman–Crippen MR) is 90.2 cm³/mol. The van der Waals surface area contributed by atoms with Gasteiger partial charge in [0.25, 0.3) is 0 Å². The van der Waals surface area contributed by atoms with Crippen LogP contribution >= 0.6 is 11.8 Å². The molecule has 114 valence electrons. The van der Waals surface area contributed by atoms with Gasteiger partial charge in [-0.1, -0.05) is 23.7 Å². The van der Waals surface area contributed by atoms with Crippen LogP contribution in [0.5, 0.6) is 0 Å². The highest BCUT2D eigenvalue weighted by atomic mass is 32.2. The Bertz CT molecular complexity index is 715. The minimum absolute atomic E-state index is 0.0856. The van der Waals surface area contributed by atoms with Crippen molar-refractivity contribution in [3.8, 4) is 18.0 Å². The Morgan fingerprint density at radius 3 is 2.91 bits per heavy atom. The zero-order valence-electron chi connectivity index (χ0n) is 13.0. The number of terminal acetylenes is 1. The molecule has 0 saturated carbocycles. The van der Waals surface area contributed by atoms with E-state index in [1.54, 1.807) is 6.20 Å². The first-order valence-corrected chi connectivity index (χ1v) is 7.89. The third-order valence-electron chi connectivity index (χ3n) is 3.39. The summed E-state index contributed by atoms with van der Waals surface area (Å²) in [6.07, 6.45) is 8.79. The summed E-state index contributed by atoms with van der Waals surface area (Å²) in [4.78, 5) is 16.3. The van der Waals surface area contributed by atoms with Crippen LogP contribution in [0.2, 0.25) is 0 Å². The second kappa shape index (κ2) is 7.19. The van der Waals surface area contributed by atoms with Crippen LogP contribution < -0.4 is 5.32 Å². The van der Waals surface area contributed by atoms with Gasteiger partial charge in [0.05, 0.1) is 11.8 Å². The topological polar surface area (TPSA) is 46.9 Å². The maximum Gasteiger partial charge on any atom is 0.234 e. The summed E-state index contributed by atoms with van der Waals surface area (Å²) in [5.41, 5.74) is 3.52. The van der Waals surface area contributed by atoms with E-state index in [2.05, 4.69) is 48.3 Å². The van der Waals surface area contributed by atoms with Crippen molar-refractivity contribution in [1.29, 1.82) is 0 Å². The number of thioether (sulfide) groups is 1. The summed E-state index contributed by atoms with van der Waals surface area (Å²) in [5.74, 6) is 2.31. The summed E-state index contributed by atoms with van der Waals surface area (Å²) >= 11 is 1.41. The van der Waals surface area contributed by atoms with Gasteiger partial charge in [-0.2, -0.15) is 0 Å². The van der Waals surface area contributed by atoms with Crippen LogP contribution in [0.4, 0.5) is 0 Å². The van der Waals surface area contributed by atoms with Crippen LogP contribution in [0.25, 0.3) is 5.69 Å². The molecule has 5 heteroatoms. The van der Waals surface area contributed by atoms with Crippen molar-refractivity contribution >= 4 is 17.7 Å². The lowest BCUT2D eigenvalue weighted by molar-refractivity contribution is -0.120. The highest BCUT2D eigenvalue weighted by Gasteiger charge is 2.17. The summed E-state index contributed by atoms with van der Waals surface area (Å²) in [6.45, 7) is 6.25. The number of rotatable bonds is 5. The second-order valence-corrected chi connectivity index (χ2v) is 6.34. The van der Waals surface area contributed by atoms with E-state index in [9.17, 15) is 4.79 Å². The van der Waals surface area contributed by atoms with Crippen LogP contribution in [-0.4, -0.2) is 27.3 Å². The molecule has 1 aromatic heterocycles. The van der Waals surface area contributed by atoms with Crippen molar-refractivity contribution in [3.63, 3.8) is 0 Å². The minimum atomic E-state index is -0.263. The fourth-order valence-corrected chi connectivity index (χ4v) is 2.85. The first kappa shape index (κ1) is 16.2. The van der Waals surface area contributed by atoms with Crippen LogP contribution in [0.1, 0.15) is 18.1 Å². The van der Waals surface area contributed by atoms with E-state index in [0.29, 0.717) is 0 Å². The number of hydrogen-bond acceptors (Lipinski definition) is 3. The van der Waals surface area contributed by atoms with Crippen LogP contribution in [0, 0.1) is 26.2 Å². The highest BCUT2D eigenvalue weighted by Crippen LogP contribution is 2.25. The number of nitrogens with one attached hydrogen (secondary N) is 1. The van der Waals surface area contributed by atoms with Crippen molar-refractivity contribution in [2.75, 3.05) is 6.54 Å². The standard InChI is InChI=1S/C17H19N3OS/c1-5-8-18-16(21)14(4)22-17-19-9-10-20(17)15-7-6-12(2)13(3)11-15/h1,6-7,9-11,14H,8H2,2-4H3,(H,18,21). The van der Waals surface area contributed by atoms with Gasteiger partial charge in [0, 0.05) is 18.1 Å². The maximum absolute atomic E-state index is 11.9. The molecule has 0 aliphatic carbocycles. The molecule has 22 heavy (non-hydrogen) atoms. The van der Waals surface area contributed by atoms with Crippen LogP contribution in [-0.2, 0) is 4.79 Å². The van der Waals surface area contributed by atoms with Gasteiger partial charge in [-0.05, 0) is 44.0 Å². The zero-order chi connectivity index (χ0) is 16.1. The summed E-state index contributed by atoms with van der Waals surface area (Å²) in [6, 6.07) is 6.25. The lowest BCUT2D eigenvalue weighted by Gasteiger charge is -2.13. The number of aryl methyl sites for hydroxylation is 2. The molecular weight excluding hydrogens is 294 g/mol. The number of hydrogen-bond donors (Lipinski definition) is 1. The smallest absolute Gasteiger partial charge is 0.234 e. The van der Waals surface area contributed by atoms with E-state index in [-0.39, 0.29) is 17.7 Å². The van der Waals surface area contributed by atoms with Crippen molar-refractivity contribution in [1.82, 2.24) is 14.9 Å². The Morgan fingerprint density at radius 2 is 2.23 bits per heavy atom. The lowest BCUT2D eigenvalue weighted by atomic mass is 10.1. The molecule has 0 fully saturated rings. The van der Waals surface area contributed by atoms with Gasteiger partial charge in [0.15, 0.2) is 5.16 Å². The van der Waals surface area contributed by atoms with Crippen LogP contribution in [0.3, 0.4) is 0 Å². The van der Waals surface area contributed by atoms with Gasteiger partial charge in [-0.3, -0.25) is 9.36 Å². The highest BCUT2D eigenvalue weighted by molar-refractivity contribution is 8.00. The van der Waals surface area contributed by atoms with Crippen molar-refractivity contribution < 1.29 is 4.79 Å². The predicted octanol–water partition coefficient (Wildman–Crippen LogP) is 2.72. The third kappa shape index (κ3) is 3.71. The van der Waals surface area contributed by atoms with Gasteiger partial charge in [-0.25, -0.2) is 4.98 Å². The fourth-order valence-electron chi connectivity index (χ4n) is 1.94. The maximum atomic E-state index is 11.9. The molecule has 1 heterocycles. The van der Waals surface area contributed by atoms with Gasteiger partial charge in [0.1, 0.15) is 0 Å². The number of nitrogens with zero attached hydrogens (tertiary/aromatic N) is 2. The Kier molecular flexibility index (Phi) is 5.29. The number of imidazole rings is 1. The summed E-state index contributed by atoms with van der Waals surface area (Å²) < 4.78 is 1.99. The molecule has 1 aromatic carbocycles. The molecular formula is C17H19N3OS. The molecule has 1 atom stereocenters. The molecule has 2 aromatic rings. The van der Waals surface area contributed by atoms with E-state index >= 15 is 0 Å². The molecule has 0 radical (unpaired) electrons. The average Bonchev–Trinajstić information content (AvgIpc) is 2.95. The van der Waals surface area contributed by atoms with E-state index in [1.807, 2.05) is 17.7 Å². The van der Waals surface area contributed by atoms with Crippen molar-refractivity contribution in [2.45, 2.75) is 31.2 Å². The van der Waals surface area contributed by atoms with Gasteiger partial charge in [0.2, 0.25) is 5.91 Å². The Labute approximate surface area is 135 Å². The molecule has 0 aliphatic rings. The monoisotopic (exact) mass is 313 g/mol. The van der Waals surface area contributed by atoms with Crippen molar-refractivity contribution in [3.05, 3.63) is 41.7 Å². The molecule has 1 amide bonds. The first-order chi connectivity index (χ1) is 10.5. The molecule has 0 bridgehead atoms. The molecule has 0 spiro atoms. The first-order valence-electron chi connectivity index (χ1n) is 7.01. The largest absolute Gasteiger partial charge is 0.344 e. The summed E-state index contributed by atoms with van der Waals surface area (Å²) in [5, 5.41) is 3.21. The molecule has 2 rings (SSSR count). The third-order valence-corrected chi connectivity index (χ3v) is 4.47. The number of carbonyl (C=O) groups excluding carboxylic acids is 1. The summed E-state index contributed by atoms with van der Waals surface area (Å²) in [7, 11) is 0. The van der Waals surface area contributed by atoms with E-state index < -0.39 is 0 Å². The molecule has 1 N–H and O–H groups in total. The molecule has 0 aliphatic heterocycles. The minimum Gasteiger partial charge on any atom is -0.344 e. The average molecular weight is 313 g/mol. The zero-order valence-corrected chi connectivity index (χ0v) is 13.8. The molecule has 1 unspecified atom stereocenters. The van der Waals surface area contributed by atoms with E-state index in [1.165, 1.54) is 22.9 Å². The number of amides is 1. The normalized spacial score (nSPS) is 11.7. The van der Waals surface area contributed by atoms with Gasteiger partial charge in [-0.15, -0.1) is 6.42 Å². The SMILES string of the molecule is C#CCNC(=O)C(C)Sc1nccn1-c1ccc(C)c(C)c1. The quantitative estimate of drug-likeness (QED) is 0.682. The van der Waals surface area contributed by atoms with Crippen LogP contribution in [0.15, 0.2) is 35.7 Å². The number of benzene rings is 1. The Morgan fingerprint density at radius 1 is 1.45 bits per heavy atom. The molecule has 0 saturated heterocycles. The number of aromatic nitrogens is 2. The Hall–Kier alpha value is -2.19. The molecule has 4 nitrogen and oxygen atoms in total. The second-order valence-electron chi connectivity index (χ2n) is 5.03. The van der Waals surface area contributed by atoms with E-state index in [4.69, 9.17) is 6.42 Å². The van der Waals surface area contributed by atoms with Crippen molar-refractivity contribution in [2.24, 2.45) is 0 Å². The number of carbonyl (C=O) groups is 1. The van der Waals surface area contributed by atoms with Gasteiger partial charge >= 0.3 is 0 Å². The lowest BCUT2D eigenvalue weighted by Crippen LogP contribution is -2.31. The fraction of sp³-hybridized carbons (Fsp3) is 0.294. The van der Waals surface area contributed by atoms with Gasteiger partial charge < -0.3 is 5.32 Å². The Balaban J connectivity index is 2.17.